The molecule has 0 spiro atoms. The molecule has 1 amide bonds. The summed E-state index contributed by atoms with van der Waals surface area (Å²) in [6.45, 7) is 3.60. The van der Waals surface area contributed by atoms with Crippen molar-refractivity contribution in [1.29, 1.82) is 0 Å². The van der Waals surface area contributed by atoms with E-state index >= 15 is 0 Å². The maximum absolute atomic E-state index is 10.5. The Hall–Kier alpha value is -0.280. The lowest BCUT2D eigenvalue weighted by Crippen LogP contribution is -2.29. The van der Waals surface area contributed by atoms with Gasteiger partial charge < -0.3 is 9.64 Å². The second-order valence-electron chi connectivity index (χ2n) is 1.83. The van der Waals surface area contributed by atoms with Gasteiger partial charge in [-0.15, -0.1) is 0 Å². The zero-order valence-corrected chi connectivity index (χ0v) is 7.02. The Kier molecular flexibility index (Phi) is 5.35. The van der Waals surface area contributed by atoms with Gasteiger partial charge in [-0.05, 0) is 18.5 Å². The molecule has 0 fully saturated rings. The van der Waals surface area contributed by atoms with Gasteiger partial charge in [0.15, 0.2) is 0 Å². The zero-order valence-electron chi connectivity index (χ0n) is 6.26. The van der Waals surface area contributed by atoms with E-state index in [9.17, 15) is 4.79 Å². The Morgan fingerprint density at radius 2 is 2.30 bits per heavy atom. The van der Waals surface area contributed by atoms with Crippen molar-refractivity contribution in [2.24, 2.45) is 0 Å². The lowest BCUT2D eigenvalue weighted by atomic mass is 10.5. The van der Waals surface area contributed by atoms with Gasteiger partial charge in [0, 0.05) is 20.2 Å². The van der Waals surface area contributed by atoms with Crippen molar-refractivity contribution < 1.29 is 9.53 Å². The maximum Gasteiger partial charge on any atom is 0.316 e. The Labute approximate surface area is 65.9 Å². The number of rotatable bonds is 4. The molecule has 0 aromatic rings. The number of carbonyl (C=O) groups is 1. The molecule has 60 valence electrons. The van der Waals surface area contributed by atoms with E-state index in [0.29, 0.717) is 19.7 Å². The topological polar surface area (TPSA) is 29.5 Å². The molecule has 0 unspecified atom stereocenters. The van der Waals surface area contributed by atoms with E-state index in [2.05, 4.69) is 0 Å². The van der Waals surface area contributed by atoms with Crippen molar-refractivity contribution >= 4 is 17.0 Å². The first-order valence-electron chi connectivity index (χ1n) is 3.15. The molecule has 4 heteroatoms. The summed E-state index contributed by atoms with van der Waals surface area (Å²) in [5, 5.41) is -0.417. The third kappa shape index (κ3) is 3.69. The molecule has 10 heavy (non-hydrogen) atoms. The van der Waals surface area contributed by atoms with Crippen LogP contribution in [0.1, 0.15) is 6.92 Å². The molecule has 0 saturated carbocycles. The average molecular weight is 166 g/mol. The molecule has 0 aromatic heterocycles. The number of halogens is 1. The van der Waals surface area contributed by atoms with Crippen LogP contribution >= 0.6 is 11.6 Å². The number of hydrogen-bond acceptors (Lipinski definition) is 2. The number of likely N-dealkylation sites (N-methyl/N-ethyl adjacent to an activating group) is 1. The highest BCUT2D eigenvalue weighted by Gasteiger charge is 2.05. The van der Waals surface area contributed by atoms with Crippen LogP contribution in [0.4, 0.5) is 4.79 Å². The fraction of sp³-hybridized carbons (Fsp3) is 0.833. The molecule has 0 aliphatic carbocycles. The third-order valence-corrected chi connectivity index (χ3v) is 1.43. The van der Waals surface area contributed by atoms with Crippen molar-refractivity contribution in [3.05, 3.63) is 0 Å². The molecule has 0 atom stereocenters. The lowest BCUT2D eigenvalue weighted by molar-refractivity contribution is 0.161. The smallest absolute Gasteiger partial charge is 0.316 e. The van der Waals surface area contributed by atoms with Gasteiger partial charge in [0.25, 0.3) is 0 Å². The van der Waals surface area contributed by atoms with E-state index in [-0.39, 0.29) is 0 Å². The first kappa shape index (κ1) is 9.72. The molecule has 0 aliphatic heterocycles. The normalized spacial score (nSPS) is 9.50. The van der Waals surface area contributed by atoms with Crippen LogP contribution in [0.5, 0.6) is 0 Å². The summed E-state index contributed by atoms with van der Waals surface area (Å²) in [6, 6.07) is 0. The maximum atomic E-state index is 10.5. The highest BCUT2D eigenvalue weighted by molar-refractivity contribution is 6.62. The monoisotopic (exact) mass is 165 g/mol. The molecule has 0 rings (SSSR count). The minimum atomic E-state index is -0.417. The largest absolute Gasteiger partial charge is 0.383 e. The van der Waals surface area contributed by atoms with E-state index < -0.39 is 5.37 Å². The Bertz CT molecular complexity index is 108. The molecule has 0 heterocycles. The van der Waals surface area contributed by atoms with Gasteiger partial charge in [-0.3, -0.25) is 4.79 Å². The van der Waals surface area contributed by atoms with Gasteiger partial charge in [0.2, 0.25) is 0 Å². The van der Waals surface area contributed by atoms with Crippen molar-refractivity contribution in [3.8, 4) is 0 Å². The second kappa shape index (κ2) is 5.50. The summed E-state index contributed by atoms with van der Waals surface area (Å²) >= 11 is 5.21. The van der Waals surface area contributed by atoms with Gasteiger partial charge in [0.1, 0.15) is 0 Å². The predicted molar refractivity (Wildman–Crippen MR) is 40.4 cm³/mol. The van der Waals surface area contributed by atoms with Crippen LogP contribution in [0, 0.1) is 0 Å². The van der Waals surface area contributed by atoms with Crippen LogP contribution in [0.3, 0.4) is 0 Å². The van der Waals surface area contributed by atoms with Crippen LogP contribution in [-0.4, -0.2) is 37.1 Å². The van der Waals surface area contributed by atoms with Gasteiger partial charge in [-0.25, -0.2) is 0 Å². The molecular formula is C6H12ClNO2. The average Bonchev–Trinajstić information content (AvgIpc) is 1.89. The minimum absolute atomic E-state index is 0.417. The summed E-state index contributed by atoms with van der Waals surface area (Å²) < 4.78 is 4.77. The first-order valence-corrected chi connectivity index (χ1v) is 3.53. The molecule has 0 bridgehead atoms. The number of nitrogens with zero attached hydrogens (tertiary/aromatic N) is 1. The lowest BCUT2D eigenvalue weighted by Gasteiger charge is -2.15. The molecule has 3 nitrogen and oxygen atoms in total. The van der Waals surface area contributed by atoms with E-state index in [1.807, 2.05) is 6.92 Å². The highest BCUT2D eigenvalue weighted by atomic mass is 35.5. The van der Waals surface area contributed by atoms with Crippen LogP contribution in [0.15, 0.2) is 0 Å². The van der Waals surface area contributed by atoms with Gasteiger partial charge in [-0.2, -0.15) is 0 Å². The van der Waals surface area contributed by atoms with E-state index in [1.165, 1.54) is 4.90 Å². The number of methoxy groups -OCH3 is 1. The molecule has 0 radical (unpaired) electrons. The van der Waals surface area contributed by atoms with Crippen molar-refractivity contribution in [3.63, 3.8) is 0 Å². The number of carbonyl (C=O) groups excluding carboxylic acids is 1. The molecule has 0 N–H and O–H groups in total. The fourth-order valence-electron chi connectivity index (χ4n) is 0.572. The molecular weight excluding hydrogens is 154 g/mol. The zero-order chi connectivity index (χ0) is 7.98. The Morgan fingerprint density at radius 3 is 2.60 bits per heavy atom. The summed E-state index contributed by atoms with van der Waals surface area (Å²) in [4.78, 5) is 12.0. The van der Waals surface area contributed by atoms with E-state index in [0.717, 1.165) is 0 Å². The molecule has 0 aliphatic rings. The van der Waals surface area contributed by atoms with Crippen LogP contribution in [0.2, 0.25) is 0 Å². The van der Waals surface area contributed by atoms with Crippen LogP contribution in [0.25, 0.3) is 0 Å². The first-order chi connectivity index (χ1) is 4.72. The van der Waals surface area contributed by atoms with E-state index in [1.54, 1.807) is 7.11 Å². The van der Waals surface area contributed by atoms with Crippen LogP contribution in [-0.2, 0) is 4.74 Å². The van der Waals surface area contributed by atoms with Gasteiger partial charge in [0.05, 0.1) is 6.61 Å². The van der Waals surface area contributed by atoms with Crippen molar-refractivity contribution in [1.82, 2.24) is 4.90 Å². The highest BCUT2D eigenvalue weighted by Crippen LogP contribution is 1.94. The quantitative estimate of drug-likeness (QED) is 0.465. The van der Waals surface area contributed by atoms with Crippen molar-refractivity contribution in [2.45, 2.75) is 6.92 Å². The number of hydrogen-bond donors (Lipinski definition) is 0. The summed E-state index contributed by atoms with van der Waals surface area (Å²) in [6.07, 6.45) is 0. The molecule has 0 saturated heterocycles. The SMILES string of the molecule is CCN(CCOC)C(=O)Cl. The summed E-state index contributed by atoms with van der Waals surface area (Å²) in [5.41, 5.74) is 0. The standard InChI is InChI=1S/C6H12ClNO2/c1-3-8(6(7)9)4-5-10-2/h3-5H2,1-2H3. The number of ether oxygens (including phenoxy) is 1. The van der Waals surface area contributed by atoms with Crippen LogP contribution < -0.4 is 0 Å². The fourth-order valence-corrected chi connectivity index (χ4v) is 0.776. The Morgan fingerprint density at radius 1 is 1.70 bits per heavy atom. The van der Waals surface area contributed by atoms with E-state index in [4.69, 9.17) is 16.3 Å². The van der Waals surface area contributed by atoms with Gasteiger partial charge >= 0.3 is 5.37 Å². The second-order valence-corrected chi connectivity index (χ2v) is 2.15. The molecule has 0 aromatic carbocycles. The summed E-state index contributed by atoms with van der Waals surface area (Å²) in [7, 11) is 1.59. The minimum Gasteiger partial charge on any atom is -0.383 e. The summed E-state index contributed by atoms with van der Waals surface area (Å²) in [5.74, 6) is 0. The Balaban J connectivity index is 3.50. The van der Waals surface area contributed by atoms with Gasteiger partial charge in [-0.1, -0.05) is 0 Å². The number of amides is 1. The third-order valence-electron chi connectivity index (χ3n) is 1.20. The predicted octanol–water partition coefficient (Wildman–Crippen LogP) is 1.31. The van der Waals surface area contributed by atoms with Crippen molar-refractivity contribution in [2.75, 3.05) is 26.8 Å².